The lowest BCUT2D eigenvalue weighted by Crippen LogP contribution is -2.32. The standard InChI is InChI=1S/C11H23NO2/c1-5-12-8-11(9-13-4)14-7-6-10(2)3/h11-12H,2,5-9H2,1,3-4H3. The Morgan fingerprint density at radius 3 is 2.71 bits per heavy atom. The Kier molecular flexibility index (Phi) is 8.94. The summed E-state index contributed by atoms with van der Waals surface area (Å²) in [5.74, 6) is 0. The molecule has 3 heteroatoms. The summed E-state index contributed by atoms with van der Waals surface area (Å²) >= 11 is 0. The van der Waals surface area contributed by atoms with E-state index < -0.39 is 0 Å². The van der Waals surface area contributed by atoms with E-state index in [9.17, 15) is 0 Å². The number of ether oxygens (including phenoxy) is 2. The van der Waals surface area contributed by atoms with Crippen molar-refractivity contribution in [2.45, 2.75) is 26.4 Å². The predicted octanol–water partition coefficient (Wildman–Crippen LogP) is 1.59. The third kappa shape index (κ3) is 8.23. The number of rotatable bonds is 9. The van der Waals surface area contributed by atoms with Gasteiger partial charge in [-0.2, -0.15) is 0 Å². The zero-order valence-electron chi connectivity index (χ0n) is 9.64. The normalized spacial score (nSPS) is 12.8. The molecular weight excluding hydrogens is 178 g/mol. The molecule has 84 valence electrons. The van der Waals surface area contributed by atoms with Gasteiger partial charge >= 0.3 is 0 Å². The highest BCUT2D eigenvalue weighted by Crippen LogP contribution is 1.99. The highest BCUT2D eigenvalue weighted by atomic mass is 16.5. The predicted molar refractivity (Wildman–Crippen MR) is 59.6 cm³/mol. The smallest absolute Gasteiger partial charge is 0.0932 e. The lowest BCUT2D eigenvalue weighted by Gasteiger charge is -2.17. The third-order valence-corrected chi connectivity index (χ3v) is 1.86. The second-order valence-electron chi connectivity index (χ2n) is 3.46. The summed E-state index contributed by atoms with van der Waals surface area (Å²) in [5, 5.41) is 3.24. The summed E-state index contributed by atoms with van der Waals surface area (Å²) in [6.45, 7) is 11.1. The molecule has 0 amide bonds. The van der Waals surface area contributed by atoms with Crippen molar-refractivity contribution in [2.75, 3.05) is 33.4 Å². The minimum Gasteiger partial charge on any atom is -0.382 e. The molecule has 0 heterocycles. The second kappa shape index (κ2) is 9.19. The van der Waals surface area contributed by atoms with E-state index in [-0.39, 0.29) is 6.10 Å². The van der Waals surface area contributed by atoms with Gasteiger partial charge in [-0.15, -0.1) is 6.58 Å². The molecular formula is C11H23NO2. The van der Waals surface area contributed by atoms with Crippen molar-refractivity contribution in [3.63, 3.8) is 0 Å². The molecule has 0 bridgehead atoms. The maximum atomic E-state index is 5.65. The van der Waals surface area contributed by atoms with E-state index in [4.69, 9.17) is 9.47 Å². The molecule has 0 saturated carbocycles. The van der Waals surface area contributed by atoms with Crippen molar-refractivity contribution in [3.8, 4) is 0 Å². The number of hydrogen-bond donors (Lipinski definition) is 1. The van der Waals surface area contributed by atoms with Gasteiger partial charge in [0.25, 0.3) is 0 Å². The fraction of sp³-hybridized carbons (Fsp3) is 0.818. The monoisotopic (exact) mass is 201 g/mol. The zero-order chi connectivity index (χ0) is 10.8. The minimum absolute atomic E-state index is 0.152. The van der Waals surface area contributed by atoms with Gasteiger partial charge in [0, 0.05) is 13.7 Å². The lowest BCUT2D eigenvalue weighted by molar-refractivity contribution is 0.000723. The van der Waals surface area contributed by atoms with Crippen molar-refractivity contribution < 1.29 is 9.47 Å². The van der Waals surface area contributed by atoms with Gasteiger partial charge in [-0.05, 0) is 19.9 Å². The zero-order valence-corrected chi connectivity index (χ0v) is 9.64. The van der Waals surface area contributed by atoms with Crippen LogP contribution in [0.15, 0.2) is 12.2 Å². The number of likely N-dealkylation sites (N-methyl/N-ethyl adjacent to an activating group) is 1. The van der Waals surface area contributed by atoms with E-state index in [1.807, 2.05) is 6.92 Å². The van der Waals surface area contributed by atoms with Crippen LogP contribution in [0.25, 0.3) is 0 Å². The molecule has 1 unspecified atom stereocenters. The van der Waals surface area contributed by atoms with Crippen molar-refractivity contribution in [2.24, 2.45) is 0 Å². The molecule has 0 aromatic heterocycles. The molecule has 0 aromatic rings. The van der Waals surface area contributed by atoms with Crippen LogP contribution in [0.3, 0.4) is 0 Å². The Hall–Kier alpha value is -0.380. The first-order chi connectivity index (χ1) is 6.70. The maximum Gasteiger partial charge on any atom is 0.0932 e. The van der Waals surface area contributed by atoms with E-state index in [0.717, 1.165) is 31.7 Å². The van der Waals surface area contributed by atoms with Crippen molar-refractivity contribution in [1.29, 1.82) is 0 Å². The van der Waals surface area contributed by atoms with Crippen LogP contribution in [-0.2, 0) is 9.47 Å². The Morgan fingerprint density at radius 1 is 1.50 bits per heavy atom. The molecule has 0 aliphatic rings. The summed E-state index contributed by atoms with van der Waals surface area (Å²) in [6.07, 6.45) is 1.08. The topological polar surface area (TPSA) is 30.5 Å². The van der Waals surface area contributed by atoms with E-state index in [0.29, 0.717) is 6.61 Å². The number of nitrogens with one attached hydrogen (secondary N) is 1. The summed E-state index contributed by atoms with van der Waals surface area (Å²) in [6, 6.07) is 0. The third-order valence-electron chi connectivity index (χ3n) is 1.86. The van der Waals surface area contributed by atoms with Crippen molar-refractivity contribution >= 4 is 0 Å². The molecule has 0 rings (SSSR count). The first kappa shape index (κ1) is 13.6. The summed E-state index contributed by atoms with van der Waals surface area (Å²) < 4.78 is 10.7. The van der Waals surface area contributed by atoms with Crippen LogP contribution in [0.5, 0.6) is 0 Å². The fourth-order valence-corrected chi connectivity index (χ4v) is 1.06. The number of hydrogen-bond acceptors (Lipinski definition) is 3. The van der Waals surface area contributed by atoms with Crippen LogP contribution in [0, 0.1) is 0 Å². The fourth-order valence-electron chi connectivity index (χ4n) is 1.06. The molecule has 0 fully saturated rings. The highest BCUT2D eigenvalue weighted by Gasteiger charge is 2.07. The van der Waals surface area contributed by atoms with Crippen LogP contribution in [0.2, 0.25) is 0 Å². The molecule has 1 N–H and O–H groups in total. The summed E-state index contributed by atoms with van der Waals surface area (Å²) in [4.78, 5) is 0. The van der Waals surface area contributed by atoms with E-state index >= 15 is 0 Å². The van der Waals surface area contributed by atoms with Crippen LogP contribution >= 0.6 is 0 Å². The SMILES string of the molecule is C=C(C)CCOC(CNCC)COC. The molecule has 0 aliphatic heterocycles. The van der Waals surface area contributed by atoms with Gasteiger partial charge in [0.1, 0.15) is 0 Å². The molecule has 0 radical (unpaired) electrons. The maximum absolute atomic E-state index is 5.65. The van der Waals surface area contributed by atoms with Gasteiger partial charge in [-0.1, -0.05) is 12.5 Å². The average molecular weight is 201 g/mol. The van der Waals surface area contributed by atoms with E-state index in [1.165, 1.54) is 0 Å². The van der Waals surface area contributed by atoms with Gasteiger partial charge < -0.3 is 14.8 Å². The van der Waals surface area contributed by atoms with Gasteiger partial charge in [0.2, 0.25) is 0 Å². The minimum atomic E-state index is 0.152. The van der Waals surface area contributed by atoms with Crippen molar-refractivity contribution in [3.05, 3.63) is 12.2 Å². The molecule has 3 nitrogen and oxygen atoms in total. The highest BCUT2D eigenvalue weighted by molar-refractivity contribution is 4.87. The molecule has 0 aliphatic carbocycles. The number of methoxy groups -OCH3 is 1. The second-order valence-corrected chi connectivity index (χ2v) is 3.46. The van der Waals surface area contributed by atoms with Crippen molar-refractivity contribution in [1.82, 2.24) is 5.32 Å². The van der Waals surface area contributed by atoms with Gasteiger partial charge in [-0.25, -0.2) is 0 Å². The molecule has 1 atom stereocenters. The van der Waals surface area contributed by atoms with Crippen LogP contribution in [0.4, 0.5) is 0 Å². The summed E-state index contributed by atoms with van der Waals surface area (Å²) in [7, 11) is 1.70. The first-order valence-electron chi connectivity index (χ1n) is 5.16. The Morgan fingerprint density at radius 2 is 2.21 bits per heavy atom. The molecule has 14 heavy (non-hydrogen) atoms. The Balaban J connectivity index is 3.55. The Bertz CT molecular complexity index is 148. The molecule has 0 spiro atoms. The van der Waals surface area contributed by atoms with Gasteiger partial charge in [0.05, 0.1) is 19.3 Å². The summed E-state index contributed by atoms with van der Waals surface area (Å²) in [5.41, 5.74) is 1.16. The van der Waals surface area contributed by atoms with Crippen LogP contribution < -0.4 is 5.32 Å². The lowest BCUT2D eigenvalue weighted by atomic mass is 10.2. The molecule has 0 saturated heterocycles. The van der Waals surface area contributed by atoms with E-state index in [2.05, 4.69) is 18.8 Å². The first-order valence-corrected chi connectivity index (χ1v) is 5.16. The quantitative estimate of drug-likeness (QED) is 0.575. The molecule has 0 aromatic carbocycles. The van der Waals surface area contributed by atoms with E-state index in [1.54, 1.807) is 7.11 Å². The Labute approximate surface area is 87.5 Å². The largest absolute Gasteiger partial charge is 0.382 e. The van der Waals surface area contributed by atoms with Crippen LogP contribution in [0.1, 0.15) is 20.3 Å². The van der Waals surface area contributed by atoms with Crippen LogP contribution in [-0.4, -0.2) is 39.5 Å². The average Bonchev–Trinajstić information content (AvgIpc) is 2.13. The van der Waals surface area contributed by atoms with Gasteiger partial charge in [0.15, 0.2) is 0 Å². The van der Waals surface area contributed by atoms with Gasteiger partial charge in [-0.3, -0.25) is 0 Å².